The lowest BCUT2D eigenvalue weighted by atomic mass is 10.1. The van der Waals surface area contributed by atoms with E-state index in [0.29, 0.717) is 0 Å². The molecule has 0 aromatic heterocycles. The summed E-state index contributed by atoms with van der Waals surface area (Å²) in [6, 6.07) is 16.5. The first kappa shape index (κ1) is 11.5. The quantitative estimate of drug-likeness (QED) is 0.814. The molecule has 0 amide bonds. The van der Waals surface area contributed by atoms with Gasteiger partial charge in [0.2, 0.25) is 0 Å². The highest BCUT2D eigenvalue weighted by Crippen LogP contribution is 2.17. The van der Waals surface area contributed by atoms with Crippen LogP contribution in [0.4, 0.5) is 11.4 Å². The molecule has 2 rings (SSSR count). The SMILES string of the molecule is Cc1cccc(CN(C)c2ccc(N)cc2)c1. The summed E-state index contributed by atoms with van der Waals surface area (Å²) < 4.78 is 0. The molecule has 0 aliphatic rings. The van der Waals surface area contributed by atoms with Crippen LogP contribution in [-0.2, 0) is 6.54 Å². The van der Waals surface area contributed by atoms with Gasteiger partial charge in [-0.2, -0.15) is 0 Å². The van der Waals surface area contributed by atoms with Gasteiger partial charge in [-0.05, 0) is 36.8 Å². The predicted molar refractivity (Wildman–Crippen MR) is 74.1 cm³/mol. The lowest BCUT2D eigenvalue weighted by Gasteiger charge is -2.19. The fourth-order valence-corrected chi connectivity index (χ4v) is 1.90. The molecule has 2 aromatic rings. The molecule has 0 spiro atoms. The van der Waals surface area contributed by atoms with Crippen molar-refractivity contribution >= 4 is 11.4 Å². The average molecular weight is 226 g/mol. The van der Waals surface area contributed by atoms with Crippen LogP contribution in [0.25, 0.3) is 0 Å². The van der Waals surface area contributed by atoms with Crippen molar-refractivity contribution in [2.24, 2.45) is 0 Å². The molecule has 17 heavy (non-hydrogen) atoms. The summed E-state index contributed by atoms with van der Waals surface area (Å²) >= 11 is 0. The molecule has 2 heteroatoms. The van der Waals surface area contributed by atoms with Gasteiger partial charge in [0.1, 0.15) is 0 Å². The highest BCUT2D eigenvalue weighted by Gasteiger charge is 2.01. The number of rotatable bonds is 3. The molecular formula is C15H18N2. The minimum Gasteiger partial charge on any atom is -0.399 e. The van der Waals surface area contributed by atoms with E-state index in [1.165, 1.54) is 16.8 Å². The molecule has 0 atom stereocenters. The zero-order valence-corrected chi connectivity index (χ0v) is 10.4. The number of nitrogens with two attached hydrogens (primary N) is 1. The Morgan fingerprint density at radius 3 is 2.41 bits per heavy atom. The van der Waals surface area contributed by atoms with Crippen LogP contribution in [0.2, 0.25) is 0 Å². The summed E-state index contributed by atoms with van der Waals surface area (Å²) in [6.45, 7) is 3.03. The number of hydrogen-bond donors (Lipinski definition) is 1. The molecular weight excluding hydrogens is 208 g/mol. The first-order chi connectivity index (χ1) is 8.15. The standard InChI is InChI=1S/C15H18N2/c1-12-4-3-5-13(10-12)11-17(2)15-8-6-14(16)7-9-15/h3-10H,11,16H2,1-2H3. The Morgan fingerprint density at radius 2 is 1.76 bits per heavy atom. The van der Waals surface area contributed by atoms with Crippen molar-refractivity contribution < 1.29 is 0 Å². The Labute approximate surface area is 103 Å². The van der Waals surface area contributed by atoms with Crippen LogP contribution in [0.1, 0.15) is 11.1 Å². The number of nitrogens with zero attached hydrogens (tertiary/aromatic N) is 1. The summed E-state index contributed by atoms with van der Waals surface area (Å²) in [4.78, 5) is 2.22. The van der Waals surface area contributed by atoms with E-state index in [9.17, 15) is 0 Å². The van der Waals surface area contributed by atoms with E-state index >= 15 is 0 Å². The molecule has 0 saturated carbocycles. The maximum Gasteiger partial charge on any atom is 0.0426 e. The van der Waals surface area contributed by atoms with E-state index in [2.05, 4.69) is 43.1 Å². The van der Waals surface area contributed by atoms with Crippen molar-refractivity contribution in [3.63, 3.8) is 0 Å². The third-order valence-corrected chi connectivity index (χ3v) is 2.84. The molecule has 0 heterocycles. The van der Waals surface area contributed by atoms with E-state index in [1.807, 2.05) is 24.3 Å². The van der Waals surface area contributed by atoms with Gasteiger partial charge >= 0.3 is 0 Å². The van der Waals surface area contributed by atoms with Gasteiger partial charge in [0, 0.05) is 25.0 Å². The smallest absolute Gasteiger partial charge is 0.0426 e. The molecule has 0 aliphatic carbocycles. The minimum absolute atomic E-state index is 0.803. The summed E-state index contributed by atoms with van der Waals surface area (Å²) in [7, 11) is 2.09. The number of hydrogen-bond acceptors (Lipinski definition) is 2. The Balaban J connectivity index is 2.11. The molecule has 0 aliphatic heterocycles. The van der Waals surface area contributed by atoms with Crippen molar-refractivity contribution in [1.29, 1.82) is 0 Å². The van der Waals surface area contributed by atoms with Gasteiger partial charge in [-0.15, -0.1) is 0 Å². The Morgan fingerprint density at radius 1 is 1.06 bits per heavy atom. The van der Waals surface area contributed by atoms with Crippen LogP contribution >= 0.6 is 0 Å². The van der Waals surface area contributed by atoms with Gasteiger partial charge in [0.15, 0.2) is 0 Å². The van der Waals surface area contributed by atoms with Crippen molar-refractivity contribution in [2.75, 3.05) is 17.7 Å². The van der Waals surface area contributed by atoms with Crippen molar-refractivity contribution in [2.45, 2.75) is 13.5 Å². The van der Waals surface area contributed by atoms with Crippen LogP contribution in [0.3, 0.4) is 0 Å². The molecule has 2 nitrogen and oxygen atoms in total. The monoisotopic (exact) mass is 226 g/mol. The number of nitrogen functional groups attached to an aromatic ring is 1. The van der Waals surface area contributed by atoms with Crippen molar-refractivity contribution in [3.8, 4) is 0 Å². The molecule has 88 valence electrons. The second-order valence-electron chi connectivity index (χ2n) is 4.44. The fourth-order valence-electron chi connectivity index (χ4n) is 1.90. The van der Waals surface area contributed by atoms with E-state index in [4.69, 9.17) is 5.73 Å². The zero-order valence-electron chi connectivity index (χ0n) is 10.4. The maximum absolute atomic E-state index is 5.68. The molecule has 0 radical (unpaired) electrons. The Bertz CT molecular complexity index is 489. The van der Waals surface area contributed by atoms with Gasteiger partial charge in [0.25, 0.3) is 0 Å². The Kier molecular flexibility index (Phi) is 3.33. The summed E-state index contributed by atoms with van der Waals surface area (Å²) in [5.74, 6) is 0. The largest absolute Gasteiger partial charge is 0.399 e. The zero-order chi connectivity index (χ0) is 12.3. The fraction of sp³-hybridized carbons (Fsp3) is 0.200. The van der Waals surface area contributed by atoms with Crippen LogP contribution in [0, 0.1) is 6.92 Å². The minimum atomic E-state index is 0.803. The van der Waals surface area contributed by atoms with E-state index in [0.717, 1.165) is 12.2 Å². The third kappa shape index (κ3) is 3.00. The van der Waals surface area contributed by atoms with Crippen LogP contribution < -0.4 is 10.6 Å². The molecule has 2 aromatic carbocycles. The molecule has 0 fully saturated rings. The average Bonchev–Trinajstić information content (AvgIpc) is 2.29. The van der Waals surface area contributed by atoms with Crippen molar-refractivity contribution in [1.82, 2.24) is 0 Å². The van der Waals surface area contributed by atoms with E-state index < -0.39 is 0 Å². The van der Waals surface area contributed by atoms with Crippen LogP contribution in [0.15, 0.2) is 48.5 Å². The lowest BCUT2D eigenvalue weighted by molar-refractivity contribution is 0.922. The second kappa shape index (κ2) is 4.91. The number of benzene rings is 2. The predicted octanol–water partition coefficient (Wildman–Crippen LogP) is 3.21. The molecule has 0 saturated heterocycles. The van der Waals surface area contributed by atoms with Gasteiger partial charge in [-0.3, -0.25) is 0 Å². The summed E-state index contributed by atoms with van der Waals surface area (Å²) in [5, 5.41) is 0. The van der Waals surface area contributed by atoms with Gasteiger partial charge in [-0.25, -0.2) is 0 Å². The molecule has 0 bridgehead atoms. The van der Waals surface area contributed by atoms with Gasteiger partial charge in [0.05, 0.1) is 0 Å². The van der Waals surface area contributed by atoms with Gasteiger partial charge < -0.3 is 10.6 Å². The second-order valence-corrected chi connectivity index (χ2v) is 4.44. The van der Waals surface area contributed by atoms with Gasteiger partial charge in [-0.1, -0.05) is 29.8 Å². The molecule has 0 unspecified atom stereocenters. The molecule has 2 N–H and O–H groups in total. The van der Waals surface area contributed by atoms with E-state index in [1.54, 1.807) is 0 Å². The highest BCUT2D eigenvalue weighted by molar-refractivity contribution is 5.52. The topological polar surface area (TPSA) is 29.3 Å². The number of anilines is 2. The third-order valence-electron chi connectivity index (χ3n) is 2.84. The summed E-state index contributed by atoms with van der Waals surface area (Å²) in [5.41, 5.74) is 10.3. The Hall–Kier alpha value is -1.96. The first-order valence-electron chi connectivity index (χ1n) is 5.77. The maximum atomic E-state index is 5.68. The highest BCUT2D eigenvalue weighted by atomic mass is 15.1. The van der Waals surface area contributed by atoms with Crippen LogP contribution in [-0.4, -0.2) is 7.05 Å². The summed E-state index contributed by atoms with van der Waals surface area (Å²) in [6.07, 6.45) is 0. The lowest BCUT2D eigenvalue weighted by Crippen LogP contribution is -2.16. The number of aryl methyl sites for hydroxylation is 1. The van der Waals surface area contributed by atoms with E-state index in [-0.39, 0.29) is 0 Å². The first-order valence-corrected chi connectivity index (χ1v) is 5.77. The normalized spacial score (nSPS) is 10.2. The van der Waals surface area contributed by atoms with Crippen LogP contribution in [0.5, 0.6) is 0 Å². The van der Waals surface area contributed by atoms with Crippen molar-refractivity contribution in [3.05, 3.63) is 59.7 Å².